The Kier molecular flexibility index (Phi) is 6.99. The molecule has 11 nitrogen and oxygen atoms in total. The van der Waals surface area contributed by atoms with Gasteiger partial charge in [0.25, 0.3) is 0 Å². The van der Waals surface area contributed by atoms with Crippen LogP contribution in [0.15, 0.2) is 51.8 Å². The molecule has 0 spiro atoms. The molecule has 13 heteroatoms. The van der Waals surface area contributed by atoms with E-state index in [0.29, 0.717) is 40.6 Å². The fourth-order valence-corrected chi connectivity index (χ4v) is 7.28. The average Bonchev–Trinajstić information content (AvgIpc) is 3.76. The molecule has 0 bridgehead atoms. The summed E-state index contributed by atoms with van der Waals surface area (Å²) in [5.41, 5.74) is 0.818. The van der Waals surface area contributed by atoms with Crippen molar-refractivity contribution in [3.8, 4) is 35.4 Å². The average molecular weight is 650 g/mol. The molecule has 0 aliphatic carbocycles. The summed E-state index contributed by atoms with van der Waals surface area (Å²) >= 11 is 0. The highest BCUT2D eigenvalue weighted by atomic mass is 19.1. The van der Waals surface area contributed by atoms with Crippen LogP contribution in [0, 0.1) is 25.1 Å². The normalized spacial score (nSPS) is 19.2. The lowest BCUT2D eigenvalue weighted by Gasteiger charge is -2.30. The van der Waals surface area contributed by atoms with Gasteiger partial charge >= 0.3 is 11.6 Å². The predicted molar refractivity (Wildman–Crippen MR) is 175 cm³/mol. The number of nitrogens with zero attached hydrogens (tertiary/aromatic N) is 5. The number of ether oxygens (including phenoxy) is 1. The number of pyridine rings is 1. The molecule has 0 radical (unpaired) electrons. The first kappa shape index (κ1) is 29.8. The first-order valence-corrected chi connectivity index (χ1v) is 15.6. The lowest BCUT2D eigenvalue weighted by molar-refractivity contribution is 0.107. The first-order chi connectivity index (χ1) is 23.2. The van der Waals surface area contributed by atoms with Gasteiger partial charge in [-0.15, -0.1) is 6.42 Å². The number of nitrogens with one attached hydrogen (secondary N) is 2. The maximum absolute atomic E-state index is 14.9. The molecule has 0 amide bonds. The Bertz CT molecular complexity index is 2370. The summed E-state index contributed by atoms with van der Waals surface area (Å²) in [7, 11) is 0. The molecule has 6 heterocycles. The fourth-order valence-electron chi connectivity index (χ4n) is 7.28. The Morgan fingerprint density at radius 2 is 2.15 bits per heavy atom. The van der Waals surface area contributed by atoms with Crippen molar-refractivity contribution in [3.05, 3.63) is 75.7 Å². The summed E-state index contributed by atoms with van der Waals surface area (Å²) in [6, 6.07) is 9.20. The van der Waals surface area contributed by atoms with E-state index in [1.54, 1.807) is 19.2 Å². The van der Waals surface area contributed by atoms with Crippen LogP contribution in [-0.4, -0.2) is 66.6 Å². The molecule has 2 aliphatic heterocycles. The number of fused-ring (bicyclic) bond motifs is 4. The lowest BCUT2D eigenvalue weighted by Crippen LogP contribution is -2.43. The summed E-state index contributed by atoms with van der Waals surface area (Å²) in [6.45, 7) is 3.22. The standard InChI is InChI=1S/C35H29F2N7O4/c1-3-22-25(37)8-7-19-12-21(45)13-24(27(19)22)30-18(2)29-28(33(46)48-30)32(39-15-26-23-6-4-10-38-31(23)43-42-26)41-34(40-29)47-17-35-9-5-11-44(35)16-20(36)14-35/h1,4,6-8,10,12-13,20,45H,5,9,11,14-17H2,2H3,(H,38,42,43)(H,39,40,41)/t20-,35+/m1/s1. The number of benzene rings is 2. The number of terminal acetylenes is 1. The van der Waals surface area contributed by atoms with Crippen molar-refractivity contribution in [2.75, 3.05) is 25.0 Å². The number of phenols is 1. The fraction of sp³-hybridized carbons (Fsp3) is 0.286. The van der Waals surface area contributed by atoms with Crippen LogP contribution < -0.4 is 15.7 Å². The van der Waals surface area contributed by atoms with E-state index in [4.69, 9.17) is 15.6 Å². The molecule has 2 aliphatic rings. The Balaban J connectivity index is 1.28. The molecule has 0 unspecified atom stereocenters. The number of aryl methyl sites for hydroxylation is 1. The monoisotopic (exact) mass is 649 g/mol. The number of anilines is 1. The Morgan fingerprint density at radius 3 is 3.00 bits per heavy atom. The summed E-state index contributed by atoms with van der Waals surface area (Å²) in [5.74, 6) is 1.82. The van der Waals surface area contributed by atoms with Gasteiger partial charge in [0.2, 0.25) is 0 Å². The number of H-pyrrole nitrogens is 1. The van der Waals surface area contributed by atoms with Crippen LogP contribution in [0.4, 0.5) is 14.6 Å². The molecule has 8 rings (SSSR count). The van der Waals surface area contributed by atoms with Crippen molar-refractivity contribution in [2.24, 2.45) is 0 Å². The van der Waals surface area contributed by atoms with Gasteiger partial charge in [0.1, 0.15) is 41.3 Å². The highest BCUT2D eigenvalue weighted by Gasteiger charge is 2.49. The molecule has 3 N–H and O–H groups in total. The number of aromatic amines is 1. The second-order valence-electron chi connectivity index (χ2n) is 12.4. The van der Waals surface area contributed by atoms with E-state index in [9.17, 15) is 18.7 Å². The van der Waals surface area contributed by atoms with E-state index in [-0.39, 0.29) is 58.5 Å². The largest absolute Gasteiger partial charge is 0.508 e. The zero-order valence-electron chi connectivity index (χ0n) is 25.8. The number of hydrogen-bond donors (Lipinski definition) is 3. The summed E-state index contributed by atoms with van der Waals surface area (Å²) in [5, 5.41) is 22.6. The second kappa shape index (κ2) is 11.3. The van der Waals surface area contributed by atoms with Crippen LogP contribution in [0.3, 0.4) is 0 Å². The molecule has 2 saturated heterocycles. The van der Waals surface area contributed by atoms with Crippen LogP contribution in [0.5, 0.6) is 11.8 Å². The second-order valence-corrected chi connectivity index (χ2v) is 12.4. The van der Waals surface area contributed by atoms with E-state index in [1.165, 1.54) is 24.3 Å². The van der Waals surface area contributed by atoms with Gasteiger partial charge in [-0.1, -0.05) is 12.0 Å². The zero-order valence-corrected chi connectivity index (χ0v) is 25.8. The van der Waals surface area contributed by atoms with Gasteiger partial charge in [0.15, 0.2) is 5.65 Å². The molecule has 242 valence electrons. The van der Waals surface area contributed by atoms with E-state index < -0.39 is 23.2 Å². The van der Waals surface area contributed by atoms with Crippen molar-refractivity contribution in [1.29, 1.82) is 0 Å². The van der Waals surface area contributed by atoms with Gasteiger partial charge in [-0.05, 0) is 62.0 Å². The van der Waals surface area contributed by atoms with E-state index in [0.717, 1.165) is 24.8 Å². The third kappa shape index (κ3) is 4.79. The molecule has 4 aromatic heterocycles. The summed E-state index contributed by atoms with van der Waals surface area (Å²) in [6.07, 6.45) is 8.50. The number of hydrogen-bond acceptors (Lipinski definition) is 10. The van der Waals surface area contributed by atoms with Gasteiger partial charge in [-0.25, -0.2) is 18.6 Å². The zero-order chi connectivity index (χ0) is 33.2. The SMILES string of the molecule is C#Cc1c(F)ccc2cc(O)cc(-c3oc(=O)c4c(NCc5[nH]nc6ncccc56)nc(OC[C@@]56CCCN5C[C@H](F)C6)nc4c3C)c12. The molecule has 2 fully saturated rings. The number of phenolic OH excluding ortho intramolecular Hbond substituents is 1. The summed E-state index contributed by atoms with van der Waals surface area (Å²) < 4.78 is 41.5. The highest BCUT2D eigenvalue weighted by molar-refractivity contribution is 6.03. The maximum Gasteiger partial charge on any atom is 0.349 e. The lowest BCUT2D eigenvalue weighted by atomic mass is 9.95. The molecule has 48 heavy (non-hydrogen) atoms. The summed E-state index contributed by atoms with van der Waals surface area (Å²) in [4.78, 5) is 29.5. The third-order valence-electron chi connectivity index (χ3n) is 9.50. The van der Waals surface area contributed by atoms with Gasteiger partial charge in [-0.3, -0.25) is 10.00 Å². The van der Waals surface area contributed by atoms with Gasteiger partial charge in [-0.2, -0.15) is 15.1 Å². The number of alkyl halides is 1. The van der Waals surface area contributed by atoms with E-state index in [2.05, 4.69) is 41.3 Å². The molecule has 0 saturated carbocycles. The van der Waals surface area contributed by atoms with Crippen LogP contribution in [-0.2, 0) is 6.54 Å². The predicted octanol–water partition coefficient (Wildman–Crippen LogP) is 5.38. The van der Waals surface area contributed by atoms with E-state index in [1.807, 2.05) is 6.07 Å². The van der Waals surface area contributed by atoms with Crippen molar-refractivity contribution < 1.29 is 23.0 Å². The van der Waals surface area contributed by atoms with Gasteiger partial charge in [0.05, 0.1) is 28.9 Å². The molecule has 6 aromatic rings. The third-order valence-corrected chi connectivity index (χ3v) is 9.50. The Morgan fingerprint density at radius 1 is 1.27 bits per heavy atom. The number of aromatic hydroxyl groups is 1. The number of aromatic nitrogens is 5. The molecule has 2 aromatic carbocycles. The van der Waals surface area contributed by atoms with E-state index >= 15 is 0 Å². The van der Waals surface area contributed by atoms with Crippen molar-refractivity contribution >= 4 is 38.5 Å². The minimum absolute atomic E-state index is 0.0135. The molecule has 2 atom stereocenters. The van der Waals surface area contributed by atoms with Crippen LogP contribution >= 0.6 is 0 Å². The van der Waals surface area contributed by atoms with Crippen molar-refractivity contribution in [2.45, 2.75) is 44.4 Å². The number of rotatable bonds is 7. The quantitative estimate of drug-likeness (QED) is 0.193. The van der Waals surface area contributed by atoms with Crippen molar-refractivity contribution in [1.82, 2.24) is 30.0 Å². The number of halogens is 2. The van der Waals surface area contributed by atoms with Crippen LogP contribution in [0.1, 0.15) is 36.1 Å². The molecular formula is C35H29F2N7O4. The van der Waals surface area contributed by atoms with Crippen molar-refractivity contribution in [3.63, 3.8) is 0 Å². The molecular weight excluding hydrogens is 620 g/mol. The van der Waals surface area contributed by atoms with Crippen LogP contribution in [0.2, 0.25) is 0 Å². The van der Waals surface area contributed by atoms with Gasteiger partial charge in [0, 0.05) is 41.1 Å². The van der Waals surface area contributed by atoms with Gasteiger partial charge < -0.3 is 19.6 Å². The smallest absolute Gasteiger partial charge is 0.349 e. The first-order valence-electron chi connectivity index (χ1n) is 15.6. The Hall–Kier alpha value is -5.61. The minimum atomic E-state index is -0.938. The highest BCUT2D eigenvalue weighted by Crippen LogP contribution is 2.41. The van der Waals surface area contributed by atoms with Crippen LogP contribution in [0.25, 0.3) is 44.0 Å². The maximum atomic E-state index is 14.9. The topological polar surface area (TPSA) is 142 Å². The minimum Gasteiger partial charge on any atom is -0.508 e. The Labute approximate surface area is 272 Å².